The Bertz CT molecular complexity index is 781. The minimum Gasteiger partial charge on any atom is -0.492 e. The summed E-state index contributed by atoms with van der Waals surface area (Å²) in [4.78, 5) is 25.4. The fourth-order valence-electron chi connectivity index (χ4n) is 1.95. The molecule has 138 valence electrons. The van der Waals surface area contributed by atoms with Gasteiger partial charge in [0.25, 0.3) is 5.91 Å². The number of hydrogen-bond acceptors (Lipinski definition) is 5. The number of nitrogens with two attached hydrogens (primary N) is 1. The van der Waals surface area contributed by atoms with Gasteiger partial charge in [0.1, 0.15) is 12.4 Å². The van der Waals surface area contributed by atoms with Crippen molar-refractivity contribution in [2.75, 3.05) is 32.5 Å². The van der Waals surface area contributed by atoms with Crippen LogP contribution in [0.4, 0.5) is 5.69 Å². The SMILES string of the molecule is CN(CCOc1ccc(Cl)cc1)C(=O)COC(=O)c1ccc(Cl)c(N)c1. The van der Waals surface area contributed by atoms with Gasteiger partial charge in [-0.25, -0.2) is 4.79 Å². The zero-order valence-corrected chi connectivity index (χ0v) is 15.6. The Morgan fingerprint density at radius 1 is 1.12 bits per heavy atom. The number of likely N-dealkylation sites (N-methyl/N-ethyl adjacent to an activating group) is 1. The number of nitrogen functional groups attached to an aromatic ring is 1. The Labute approximate surface area is 161 Å². The molecule has 0 fully saturated rings. The third-order valence-corrected chi connectivity index (χ3v) is 4.09. The highest BCUT2D eigenvalue weighted by atomic mass is 35.5. The van der Waals surface area contributed by atoms with Gasteiger partial charge in [0, 0.05) is 12.1 Å². The van der Waals surface area contributed by atoms with E-state index < -0.39 is 5.97 Å². The number of anilines is 1. The lowest BCUT2D eigenvalue weighted by atomic mass is 10.2. The van der Waals surface area contributed by atoms with Crippen molar-refractivity contribution in [1.82, 2.24) is 4.90 Å². The Morgan fingerprint density at radius 2 is 1.81 bits per heavy atom. The zero-order chi connectivity index (χ0) is 19.1. The lowest BCUT2D eigenvalue weighted by Crippen LogP contribution is -2.34. The van der Waals surface area contributed by atoms with Gasteiger partial charge in [-0.15, -0.1) is 0 Å². The van der Waals surface area contributed by atoms with Gasteiger partial charge in [0.05, 0.1) is 22.8 Å². The maximum atomic E-state index is 12.0. The van der Waals surface area contributed by atoms with E-state index in [-0.39, 0.29) is 23.8 Å². The first-order valence-electron chi connectivity index (χ1n) is 7.71. The third kappa shape index (κ3) is 5.82. The number of carbonyl (C=O) groups is 2. The molecule has 0 radical (unpaired) electrons. The molecule has 6 nitrogen and oxygen atoms in total. The predicted molar refractivity (Wildman–Crippen MR) is 101 cm³/mol. The second kappa shape index (κ2) is 9.31. The van der Waals surface area contributed by atoms with Crippen molar-refractivity contribution in [2.45, 2.75) is 0 Å². The van der Waals surface area contributed by atoms with Gasteiger partial charge in [-0.1, -0.05) is 23.2 Å². The maximum absolute atomic E-state index is 12.0. The molecule has 0 saturated carbocycles. The molecule has 0 aromatic heterocycles. The smallest absolute Gasteiger partial charge is 0.338 e. The molecule has 0 unspecified atom stereocenters. The first kappa shape index (κ1) is 19.9. The summed E-state index contributed by atoms with van der Waals surface area (Å²) in [6.07, 6.45) is 0. The van der Waals surface area contributed by atoms with Crippen LogP contribution >= 0.6 is 23.2 Å². The van der Waals surface area contributed by atoms with Crippen molar-refractivity contribution in [3.8, 4) is 5.75 Å². The van der Waals surface area contributed by atoms with E-state index in [1.165, 1.54) is 23.1 Å². The quantitative estimate of drug-likeness (QED) is 0.573. The van der Waals surface area contributed by atoms with Crippen molar-refractivity contribution < 1.29 is 19.1 Å². The summed E-state index contributed by atoms with van der Waals surface area (Å²) in [6, 6.07) is 11.3. The van der Waals surface area contributed by atoms with E-state index in [2.05, 4.69) is 0 Å². The fraction of sp³-hybridized carbons (Fsp3) is 0.222. The van der Waals surface area contributed by atoms with Crippen molar-refractivity contribution in [1.29, 1.82) is 0 Å². The molecule has 2 rings (SSSR count). The van der Waals surface area contributed by atoms with E-state index >= 15 is 0 Å². The van der Waals surface area contributed by atoms with Crippen LogP contribution in [0.1, 0.15) is 10.4 Å². The minimum atomic E-state index is -0.646. The lowest BCUT2D eigenvalue weighted by molar-refractivity contribution is -0.133. The first-order valence-corrected chi connectivity index (χ1v) is 8.47. The van der Waals surface area contributed by atoms with E-state index in [9.17, 15) is 9.59 Å². The minimum absolute atomic E-state index is 0.230. The molecule has 0 bridgehead atoms. The number of esters is 1. The summed E-state index contributed by atoms with van der Waals surface area (Å²) in [5.41, 5.74) is 6.14. The summed E-state index contributed by atoms with van der Waals surface area (Å²) < 4.78 is 10.5. The highest BCUT2D eigenvalue weighted by Crippen LogP contribution is 2.20. The molecule has 8 heteroatoms. The Balaban J connectivity index is 1.74. The van der Waals surface area contributed by atoms with Crippen molar-refractivity contribution >= 4 is 40.8 Å². The van der Waals surface area contributed by atoms with Gasteiger partial charge < -0.3 is 20.1 Å². The van der Waals surface area contributed by atoms with Crippen LogP contribution in [0.25, 0.3) is 0 Å². The van der Waals surface area contributed by atoms with Crippen molar-refractivity contribution in [2.24, 2.45) is 0 Å². The number of benzene rings is 2. The molecule has 0 saturated heterocycles. The predicted octanol–water partition coefficient (Wildman–Crippen LogP) is 3.27. The first-order chi connectivity index (χ1) is 12.4. The number of amides is 1. The number of hydrogen-bond donors (Lipinski definition) is 1. The molecule has 1 amide bonds. The number of rotatable bonds is 7. The van der Waals surface area contributed by atoms with Gasteiger partial charge >= 0.3 is 5.97 Å². The topological polar surface area (TPSA) is 81.9 Å². The van der Waals surface area contributed by atoms with E-state index in [4.69, 9.17) is 38.4 Å². The molecule has 0 heterocycles. The van der Waals surface area contributed by atoms with Crippen LogP contribution in [0.5, 0.6) is 5.75 Å². The summed E-state index contributed by atoms with van der Waals surface area (Å²) in [6.45, 7) is 0.261. The van der Waals surface area contributed by atoms with Crippen LogP contribution in [0.15, 0.2) is 42.5 Å². The lowest BCUT2D eigenvalue weighted by Gasteiger charge is -2.17. The average molecular weight is 397 g/mol. The van der Waals surface area contributed by atoms with Gasteiger partial charge in [-0.2, -0.15) is 0 Å². The number of nitrogens with zero attached hydrogens (tertiary/aromatic N) is 1. The standard InChI is InChI=1S/C18H18Cl2N2O4/c1-22(8-9-25-14-5-3-13(19)4-6-14)17(23)11-26-18(24)12-2-7-15(20)16(21)10-12/h2-7,10H,8-9,11,21H2,1H3. The molecule has 0 aliphatic carbocycles. The highest BCUT2D eigenvalue weighted by molar-refractivity contribution is 6.33. The molecule has 0 spiro atoms. The van der Waals surface area contributed by atoms with E-state index in [0.29, 0.717) is 28.9 Å². The molecule has 2 aromatic rings. The molecule has 2 N–H and O–H groups in total. The monoisotopic (exact) mass is 396 g/mol. The van der Waals surface area contributed by atoms with Gasteiger partial charge in [0.2, 0.25) is 0 Å². The Kier molecular flexibility index (Phi) is 7.12. The summed E-state index contributed by atoms with van der Waals surface area (Å²) in [5.74, 6) is -0.338. The van der Waals surface area contributed by atoms with Crippen LogP contribution < -0.4 is 10.5 Å². The van der Waals surface area contributed by atoms with Crippen LogP contribution in [0.2, 0.25) is 10.0 Å². The summed E-state index contributed by atoms with van der Waals surface area (Å²) >= 11 is 11.6. The molecular weight excluding hydrogens is 379 g/mol. The van der Waals surface area contributed by atoms with Crippen LogP contribution in [0, 0.1) is 0 Å². The van der Waals surface area contributed by atoms with Crippen molar-refractivity contribution in [3.05, 3.63) is 58.1 Å². The molecule has 0 aliphatic heterocycles. The van der Waals surface area contributed by atoms with Crippen LogP contribution in [0.3, 0.4) is 0 Å². The summed E-state index contributed by atoms with van der Waals surface area (Å²) in [5, 5.41) is 0.965. The fourth-order valence-corrected chi connectivity index (χ4v) is 2.19. The highest BCUT2D eigenvalue weighted by Gasteiger charge is 2.14. The molecule has 2 aromatic carbocycles. The number of halogens is 2. The zero-order valence-electron chi connectivity index (χ0n) is 14.1. The number of ether oxygens (including phenoxy) is 2. The largest absolute Gasteiger partial charge is 0.492 e. The normalized spacial score (nSPS) is 10.3. The maximum Gasteiger partial charge on any atom is 0.338 e. The average Bonchev–Trinajstić information content (AvgIpc) is 2.63. The molecule has 26 heavy (non-hydrogen) atoms. The molecular formula is C18H18Cl2N2O4. The second-order valence-electron chi connectivity index (χ2n) is 5.43. The van der Waals surface area contributed by atoms with Gasteiger partial charge in [0.15, 0.2) is 6.61 Å². The second-order valence-corrected chi connectivity index (χ2v) is 6.27. The van der Waals surface area contributed by atoms with E-state index in [0.717, 1.165) is 0 Å². The Hall–Kier alpha value is -2.44. The number of carbonyl (C=O) groups excluding carboxylic acids is 2. The van der Waals surface area contributed by atoms with Gasteiger partial charge in [-0.05, 0) is 42.5 Å². The molecule has 0 atom stereocenters. The van der Waals surface area contributed by atoms with E-state index in [1.54, 1.807) is 31.3 Å². The molecule has 0 aliphatic rings. The Morgan fingerprint density at radius 3 is 2.46 bits per heavy atom. The van der Waals surface area contributed by atoms with Crippen molar-refractivity contribution in [3.63, 3.8) is 0 Å². The summed E-state index contributed by atoms with van der Waals surface area (Å²) in [7, 11) is 1.60. The van der Waals surface area contributed by atoms with Crippen LogP contribution in [-0.2, 0) is 9.53 Å². The van der Waals surface area contributed by atoms with Crippen LogP contribution in [-0.4, -0.2) is 43.6 Å². The third-order valence-electron chi connectivity index (χ3n) is 3.49. The van der Waals surface area contributed by atoms with E-state index in [1.807, 2.05) is 0 Å². The van der Waals surface area contributed by atoms with Gasteiger partial charge in [-0.3, -0.25) is 4.79 Å².